The molecular weight excluding hydrogens is 240 g/mol. The van der Waals surface area contributed by atoms with Gasteiger partial charge < -0.3 is 0 Å². The van der Waals surface area contributed by atoms with Crippen LogP contribution in [0.4, 0.5) is 0 Å². The van der Waals surface area contributed by atoms with Crippen LogP contribution in [0.3, 0.4) is 0 Å². The number of hydrogen-bond acceptors (Lipinski definition) is 2. The molecule has 0 amide bonds. The SMILES string of the molecule is CC=CCCC(CC(C)CCC)SS(=O)O. The highest BCUT2D eigenvalue weighted by atomic mass is 33.1. The molecule has 2 nitrogen and oxygen atoms in total. The van der Waals surface area contributed by atoms with Gasteiger partial charge in [0.05, 0.1) is 0 Å². The maximum Gasteiger partial charge on any atom is 0.216 e. The van der Waals surface area contributed by atoms with Crippen molar-refractivity contribution in [3.05, 3.63) is 12.2 Å². The molecule has 0 rings (SSSR count). The van der Waals surface area contributed by atoms with Crippen LogP contribution < -0.4 is 0 Å². The fraction of sp³-hybridized carbons (Fsp3) is 0.833. The second-order valence-corrected chi connectivity index (χ2v) is 6.94. The van der Waals surface area contributed by atoms with E-state index in [9.17, 15) is 4.21 Å². The number of allylic oxidation sites excluding steroid dienone is 2. The lowest BCUT2D eigenvalue weighted by Crippen LogP contribution is -2.09. The van der Waals surface area contributed by atoms with Crippen molar-refractivity contribution in [1.29, 1.82) is 0 Å². The largest absolute Gasteiger partial charge is 0.298 e. The normalized spacial score (nSPS) is 17.5. The molecule has 0 bridgehead atoms. The minimum Gasteiger partial charge on any atom is -0.298 e. The van der Waals surface area contributed by atoms with Crippen molar-refractivity contribution in [3.8, 4) is 0 Å². The maximum atomic E-state index is 10.8. The second kappa shape index (κ2) is 10.4. The summed E-state index contributed by atoms with van der Waals surface area (Å²) in [5.41, 5.74) is 0. The Hall–Kier alpha value is 0.200. The third kappa shape index (κ3) is 9.43. The van der Waals surface area contributed by atoms with Gasteiger partial charge in [-0.25, -0.2) is 4.21 Å². The highest BCUT2D eigenvalue weighted by Gasteiger charge is 2.15. The van der Waals surface area contributed by atoms with Crippen molar-refractivity contribution in [2.45, 2.75) is 58.1 Å². The summed E-state index contributed by atoms with van der Waals surface area (Å²) in [6, 6.07) is 0. The highest BCUT2D eigenvalue weighted by Crippen LogP contribution is 2.27. The van der Waals surface area contributed by atoms with Crippen LogP contribution in [0.25, 0.3) is 0 Å². The molecule has 0 aromatic heterocycles. The van der Waals surface area contributed by atoms with Gasteiger partial charge in [-0.2, -0.15) is 0 Å². The lowest BCUT2D eigenvalue weighted by molar-refractivity contribution is 0.470. The average Bonchev–Trinajstić information content (AvgIpc) is 2.17. The summed E-state index contributed by atoms with van der Waals surface area (Å²) in [5, 5.41) is 0.309. The molecule has 3 unspecified atom stereocenters. The van der Waals surface area contributed by atoms with Gasteiger partial charge in [0.1, 0.15) is 0 Å². The van der Waals surface area contributed by atoms with Gasteiger partial charge in [-0.05, 0) is 42.9 Å². The van der Waals surface area contributed by atoms with Crippen molar-refractivity contribution in [2.24, 2.45) is 5.92 Å². The van der Waals surface area contributed by atoms with E-state index in [1.165, 1.54) is 23.6 Å². The molecule has 16 heavy (non-hydrogen) atoms. The minimum absolute atomic E-state index is 0.309. The summed E-state index contributed by atoms with van der Waals surface area (Å²) < 4.78 is 19.8. The van der Waals surface area contributed by atoms with Gasteiger partial charge in [0.15, 0.2) is 0 Å². The first-order chi connectivity index (χ1) is 7.60. The molecule has 0 fully saturated rings. The molecule has 0 aromatic rings. The van der Waals surface area contributed by atoms with Crippen LogP contribution in [-0.2, 0) is 10.1 Å². The maximum absolute atomic E-state index is 10.8. The third-order valence-electron chi connectivity index (χ3n) is 2.56. The molecule has 4 heteroatoms. The van der Waals surface area contributed by atoms with E-state index in [1.54, 1.807) is 0 Å². The van der Waals surface area contributed by atoms with Crippen molar-refractivity contribution in [1.82, 2.24) is 0 Å². The standard InChI is InChI=1S/C12H24O2S2/c1-4-6-7-9-12(15-16(13)14)10-11(3)8-5-2/h4,6,11-12H,5,7-10H2,1-3H3,(H,13,14). The van der Waals surface area contributed by atoms with Gasteiger partial charge in [0.25, 0.3) is 0 Å². The molecule has 0 aliphatic carbocycles. The molecule has 0 saturated heterocycles. The van der Waals surface area contributed by atoms with Crippen LogP contribution in [-0.4, -0.2) is 14.0 Å². The van der Waals surface area contributed by atoms with Crippen LogP contribution in [0.2, 0.25) is 0 Å². The van der Waals surface area contributed by atoms with Gasteiger partial charge in [-0.1, -0.05) is 38.8 Å². The Balaban J connectivity index is 4.03. The van der Waals surface area contributed by atoms with Crippen LogP contribution in [0, 0.1) is 5.92 Å². The van der Waals surface area contributed by atoms with Crippen molar-refractivity contribution in [2.75, 3.05) is 0 Å². The van der Waals surface area contributed by atoms with E-state index in [0.29, 0.717) is 11.2 Å². The zero-order chi connectivity index (χ0) is 12.4. The zero-order valence-electron chi connectivity index (χ0n) is 10.5. The van der Waals surface area contributed by atoms with E-state index in [2.05, 4.69) is 19.9 Å². The molecule has 0 spiro atoms. The molecular formula is C12H24O2S2. The zero-order valence-corrected chi connectivity index (χ0v) is 12.1. The molecule has 0 aliphatic heterocycles. The van der Waals surface area contributed by atoms with E-state index >= 15 is 0 Å². The molecule has 0 aliphatic rings. The molecule has 0 heterocycles. The van der Waals surface area contributed by atoms with Crippen molar-refractivity contribution >= 4 is 20.9 Å². The lowest BCUT2D eigenvalue weighted by Gasteiger charge is -2.18. The predicted molar refractivity (Wildman–Crippen MR) is 74.9 cm³/mol. The van der Waals surface area contributed by atoms with Crippen molar-refractivity contribution < 1.29 is 8.76 Å². The van der Waals surface area contributed by atoms with E-state index in [0.717, 1.165) is 19.3 Å². The summed E-state index contributed by atoms with van der Waals surface area (Å²) in [5.74, 6) is 0.650. The molecule has 1 N–H and O–H groups in total. The second-order valence-electron chi connectivity index (χ2n) is 4.21. The Morgan fingerprint density at radius 2 is 2.12 bits per heavy atom. The Morgan fingerprint density at radius 3 is 2.62 bits per heavy atom. The monoisotopic (exact) mass is 264 g/mol. The van der Waals surface area contributed by atoms with Gasteiger partial charge in [0, 0.05) is 5.25 Å². The minimum atomic E-state index is -1.73. The highest BCUT2D eigenvalue weighted by molar-refractivity contribution is 8.67. The Kier molecular flexibility index (Phi) is 10.5. The van der Waals surface area contributed by atoms with E-state index < -0.39 is 10.1 Å². The molecule has 0 saturated carbocycles. The smallest absolute Gasteiger partial charge is 0.216 e. The van der Waals surface area contributed by atoms with Gasteiger partial charge in [-0.15, -0.1) is 0 Å². The first-order valence-corrected chi connectivity index (χ1v) is 8.49. The fourth-order valence-corrected chi connectivity index (χ4v) is 3.92. The quantitative estimate of drug-likeness (QED) is 0.381. The van der Waals surface area contributed by atoms with Crippen LogP contribution >= 0.6 is 10.8 Å². The first-order valence-electron chi connectivity index (χ1n) is 5.99. The number of hydrogen-bond donors (Lipinski definition) is 1. The Bertz CT molecular complexity index is 217. The molecule has 96 valence electrons. The van der Waals surface area contributed by atoms with Gasteiger partial charge in [-0.3, -0.25) is 4.55 Å². The predicted octanol–water partition coefficient (Wildman–Crippen LogP) is 4.41. The topological polar surface area (TPSA) is 37.3 Å². The molecule has 0 radical (unpaired) electrons. The third-order valence-corrected chi connectivity index (χ3v) is 4.73. The van der Waals surface area contributed by atoms with Crippen LogP contribution in [0.15, 0.2) is 12.2 Å². The Labute approximate surface area is 106 Å². The summed E-state index contributed by atoms with van der Waals surface area (Å²) in [4.78, 5) is 0. The van der Waals surface area contributed by atoms with E-state index in [4.69, 9.17) is 4.55 Å². The first kappa shape index (κ1) is 16.2. The fourth-order valence-electron chi connectivity index (χ4n) is 1.83. The van der Waals surface area contributed by atoms with Crippen LogP contribution in [0.1, 0.15) is 52.9 Å². The van der Waals surface area contributed by atoms with Gasteiger partial charge in [0.2, 0.25) is 10.1 Å². The molecule has 3 atom stereocenters. The average molecular weight is 264 g/mol. The Morgan fingerprint density at radius 1 is 1.44 bits per heavy atom. The van der Waals surface area contributed by atoms with E-state index in [1.807, 2.05) is 13.0 Å². The summed E-state index contributed by atoms with van der Waals surface area (Å²) in [7, 11) is -0.531. The number of rotatable bonds is 9. The van der Waals surface area contributed by atoms with Gasteiger partial charge >= 0.3 is 0 Å². The van der Waals surface area contributed by atoms with Crippen molar-refractivity contribution in [3.63, 3.8) is 0 Å². The summed E-state index contributed by atoms with van der Waals surface area (Å²) >= 11 is 0. The summed E-state index contributed by atoms with van der Waals surface area (Å²) in [6.45, 7) is 6.42. The summed E-state index contributed by atoms with van der Waals surface area (Å²) in [6.07, 6.45) is 9.60. The lowest BCUT2D eigenvalue weighted by atomic mass is 9.98. The van der Waals surface area contributed by atoms with Crippen LogP contribution in [0.5, 0.6) is 0 Å². The van der Waals surface area contributed by atoms with E-state index in [-0.39, 0.29) is 0 Å². The molecule has 0 aromatic carbocycles.